The van der Waals surface area contributed by atoms with Crippen molar-refractivity contribution < 1.29 is 28.6 Å². The molecule has 0 N–H and O–H groups in total. The molecule has 0 saturated heterocycles. The van der Waals surface area contributed by atoms with Crippen LogP contribution in [0.4, 0.5) is 0 Å². The summed E-state index contributed by atoms with van der Waals surface area (Å²) in [6, 6.07) is 0. The summed E-state index contributed by atoms with van der Waals surface area (Å²) in [6.45, 7) is 11.3. The van der Waals surface area contributed by atoms with Gasteiger partial charge < -0.3 is 14.2 Å². The van der Waals surface area contributed by atoms with Crippen LogP contribution >= 0.6 is 0 Å². The Labute approximate surface area is 361 Å². The molecule has 0 aromatic heterocycles. The summed E-state index contributed by atoms with van der Waals surface area (Å²) in [6.07, 6.45) is 45.3. The molecule has 0 amide bonds. The van der Waals surface area contributed by atoms with E-state index in [1.54, 1.807) is 0 Å². The SMILES string of the molecule is CCCCCCCCCCCCCCCCCCCCC(=O)O[C@@H](COC(=O)CCCCCCCCCCCC(C)C)COC(=O)CCCCCCCCCC(C)C. The molecule has 0 aromatic carbocycles. The van der Waals surface area contributed by atoms with Crippen LogP contribution in [0.15, 0.2) is 0 Å². The van der Waals surface area contributed by atoms with Gasteiger partial charge in [0.05, 0.1) is 0 Å². The lowest BCUT2D eigenvalue weighted by Crippen LogP contribution is -2.30. The highest BCUT2D eigenvalue weighted by Gasteiger charge is 2.19. The number of carbonyl (C=O) groups is 3. The fourth-order valence-electron chi connectivity index (χ4n) is 7.81. The van der Waals surface area contributed by atoms with Crippen LogP contribution in [-0.4, -0.2) is 37.2 Å². The Bertz CT molecular complexity index is 885. The highest BCUT2D eigenvalue weighted by atomic mass is 16.6. The Morgan fingerprint density at radius 1 is 0.328 bits per heavy atom. The second-order valence-corrected chi connectivity index (χ2v) is 18.8. The lowest BCUT2D eigenvalue weighted by atomic mass is 10.0. The zero-order chi connectivity index (χ0) is 42.6. The summed E-state index contributed by atoms with van der Waals surface area (Å²) in [4.78, 5) is 37.9. The van der Waals surface area contributed by atoms with E-state index >= 15 is 0 Å². The molecular weight excluding hydrogens is 721 g/mol. The molecule has 6 nitrogen and oxygen atoms in total. The molecule has 6 heteroatoms. The molecule has 344 valence electrons. The minimum Gasteiger partial charge on any atom is -0.462 e. The third-order valence-electron chi connectivity index (χ3n) is 11.7. The molecule has 0 aliphatic heterocycles. The summed E-state index contributed by atoms with van der Waals surface area (Å²) >= 11 is 0. The monoisotopic (exact) mass is 821 g/mol. The Morgan fingerprint density at radius 2 is 0.569 bits per heavy atom. The number of hydrogen-bond acceptors (Lipinski definition) is 6. The number of rotatable bonds is 46. The van der Waals surface area contributed by atoms with E-state index in [1.807, 2.05) is 0 Å². The summed E-state index contributed by atoms with van der Waals surface area (Å²) in [5, 5.41) is 0. The molecule has 0 aliphatic carbocycles. The minimum atomic E-state index is -0.762. The molecule has 0 heterocycles. The van der Waals surface area contributed by atoms with Crippen molar-refractivity contribution in [1.29, 1.82) is 0 Å². The van der Waals surface area contributed by atoms with Crippen molar-refractivity contribution in [2.75, 3.05) is 13.2 Å². The van der Waals surface area contributed by atoms with Gasteiger partial charge in [0.15, 0.2) is 6.10 Å². The molecule has 1 atom stereocenters. The van der Waals surface area contributed by atoms with Crippen molar-refractivity contribution in [1.82, 2.24) is 0 Å². The van der Waals surface area contributed by atoms with Crippen LogP contribution in [0.5, 0.6) is 0 Å². The minimum absolute atomic E-state index is 0.0649. The maximum Gasteiger partial charge on any atom is 0.306 e. The molecule has 0 aliphatic rings. The molecule has 0 fully saturated rings. The van der Waals surface area contributed by atoms with Gasteiger partial charge in [0.2, 0.25) is 0 Å². The Hall–Kier alpha value is -1.59. The van der Waals surface area contributed by atoms with Gasteiger partial charge in [-0.15, -0.1) is 0 Å². The van der Waals surface area contributed by atoms with E-state index in [4.69, 9.17) is 14.2 Å². The Morgan fingerprint density at radius 3 is 0.845 bits per heavy atom. The van der Waals surface area contributed by atoms with E-state index in [2.05, 4.69) is 34.6 Å². The average Bonchev–Trinajstić information content (AvgIpc) is 3.19. The van der Waals surface area contributed by atoms with E-state index < -0.39 is 6.10 Å². The van der Waals surface area contributed by atoms with Gasteiger partial charge in [-0.2, -0.15) is 0 Å². The van der Waals surface area contributed by atoms with Gasteiger partial charge in [0.1, 0.15) is 13.2 Å². The van der Waals surface area contributed by atoms with Gasteiger partial charge in [-0.25, -0.2) is 0 Å². The van der Waals surface area contributed by atoms with Crippen LogP contribution in [-0.2, 0) is 28.6 Å². The molecule has 0 spiro atoms. The van der Waals surface area contributed by atoms with E-state index in [0.717, 1.165) is 69.6 Å². The zero-order valence-corrected chi connectivity index (χ0v) is 39.7. The first-order chi connectivity index (χ1) is 28.2. The normalized spacial score (nSPS) is 12.1. The lowest BCUT2D eigenvalue weighted by Gasteiger charge is -2.18. The first-order valence-electron chi connectivity index (χ1n) is 25.7. The van der Waals surface area contributed by atoms with Crippen LogP contribution in [0.3, 0.4) is 0 Å². The highest BCUT2D eigenvalue weighted by molar-refractivity contribution is 5.71. The van der Waals surface area contributed by atoms with Crippen molar-refractivity contribution in [3.05, 3.63) is 0 Å². The third kappa shape index (κ3) is 45.5. The van der Waals surface area contributed by atoms with Crippen molar-refractivity contribution in [3.8, 4) is 0 Å². The van der Waals surface area contributed by atoms with E-state index in [1.165, 1.54) is 173 Å². The molecule has 0 saturated carbocycles. The lowest BCUT2D eigenvalue weighted by molar-refractivity contribution is -0.167. The summed E-state index contributed by atoms with van der Waals surface area (Å²) in [5.41, 5.74) is 0. The molecule has 0 bridgehead atoms. The van der Waals surface area contributed by atoms with Crippen LogP contribution < -0.4 is 0 Å². The number of unbranched alkanes of at least 4 members (excludes halogenated alkanes) is 31. The maximum absolute atomic E-state index is 12.8. The fourth-order valence-corrected chi connectivity index (χ4v) is 7.81. The first kappa shape index (κ1) is 56.4. The molecule has 0 aromatic rings. The van der Waals surface area contributed by atoms with Crippen molar-refractivity contribution in [2.24, 2.45) is 11.8 Å². The van der Waals surface area contributed by atoms with Crippen molar-refractivity contribution >= 4 is 17.9 Å². The number of hydrogen-bond donors (Lipinski definition) is 0. The van der Waals surface area contributed by atoms with Gasteiger partial charge in [-0.3, -0.25) is 14.4 Å². The second kappa shape index (κ2) is 44.9. The third-order valence-corrected chi connectivity index (χ3v) is 11.7. The van der Waals surface area contributed by atoms with Crippen molar-refractivity contribution in [3.63, 3.8) is 0 Å². The number of ether oxygens (including phenoxy) is 3. The summed E-state index contributed by atoms with van der Waals surface area (Å²) in [5.74, 6) is 0.737. The number of carbonyl (C=O) groups excluding carboxylic acids is 3. The predicted octanol–water partition coefficient (Wildman–Crippen LogP) is 16.5. The van der Waals surface area contributed by atoms with Crippen LogP contribution in [0, 0.1) is 11.8 Å². The topological polar surface area (TPSA) is 78.9 Å². The summed E-state index contributed by atoms with van der Waals surface area (Å²) in [7, 11) is 0. The second-order valence-electron chi connectivity index (χ2n) is 18.8. The molecule has 0 rings (SSSR count). The quantitative estimate of drug-likeness (QED) is 0.0346. The van der Waals surface area contributed by atoms with Crippen LogP contribution in [0.1, 0.15) is 285 Å². The standard InChI is InChI=1S/C52H100O6/c1-6-7-8-9-10-11-12-13-14-15-16-17-18-19-22-28-34-39-44-52(55)58-49(46-57-51(54)43-38-33-29-24-26-31-36-41-48(4)5)45-56-50(53)42-37-32-27-23-20-21-25-30-35-40-47(2)3/h47-49H,6-46H2,1-5H3/t49-/m0/s1. The van der Waals surface area contributed by atoms with E-state index in [0.29, 0.717) is 19.3 Å². The van der Waals surface area contributed by atoms with E-state index in [-0.39, 0.29) is 31.1 Å². The number of esters is 3. The largest absolute Gasteiger partial charge is 0.462 e. The molecule has 58 heavy (non-hydrogen) atoms. The van der Waals surface area contributed by atoms with Gasteiger partial charge in [-0.1, -0.05) is 247 Å². The zero-order valence-electron chi connectivity index (χ0n) is 39.7. The van der Waals surface area contributed by atoms with Crippen LogP contribution in [0.25, 0.3) is 0 Å². The highest BCUT2D eigenvalue weighted by Crippen LogP contribution is 2.17. The van der Waals surface area contributed by atoms with Gasteiger partial charge in [-0.05, 0) is 31.1 Å². The maximum atomic E-state index is 12.8. The molecular formula is C52H100O6. The Kier molecular flexibility index (Phi) is 43.7. The smallest absolute Gasteiger partial charge is 0.306 e. The van der Waals surface area contributed by atoms with Gasteiger partial charge in [0, 0.05) is 19.3 Å². The summed E-state index contributed by atoms with van der Waals surface area (Å²) < 4.78 is 16.8. The molecule has 0 unspecified atom stereocenters. The molecule has 0 radical (unpaired) electrons. The van der Waals surface area contributed by atoms with Crippen molar-refractivity contribution in [2.45, 2.75) is 291 Å². The first-order valence-corrected chi connectivity index (χ1v) is 25.7. The fraction of sp³-hybridized carbons (Fsp3) is 0.942. The Balaban J connectivity index is 4.27. The van der Waals surface area contributed by atoms with Gasteiger partial charge >= 0.3 is 17.9 Å². The predicted molar refractivity (Wildman–Crippen MR) is 247 cm³/mol. The van der Waals surface area contributed by atoms with Crippen LogP contribution in [0.2, 0.25) is 0 Å². The van der Waals surface area contributed by atoms with E-state index in [9.17, 15) is 14.4 Å². The average molecular weight is 821 g/mol. The van der Waals surface area contributed by atoms with Gasteiger partial charge in [0.25, 0.3) is 0 Å².